The average molecular weight is 339 g/mol. The summed E-state index contributed by atoms with van der Waals surface area (Å²) < 4.78 is 1.64. The lowest BCUT2D eigenvalue weighted by molar-refractivity contribution is -0.115. The Morgan fingerprint density at radius 2 is 2.14 bits per heavy atom. The molecule has 1 heterocycles. The van der Waals surface area contributed by atoms with Crippen molar-refractivity contribution >= 4 is 35.0 Å². The van der Waals surface area contributed by atoms with Crippen molar-refractivity contribution in [3.05, 3.63) is 39.8 Å². The molecule has 1 amide bonds. The monoisotopic (exact) mass is 338 g/mol. The molecular weight excluding hydrogens is 324 g/mol. The maximum Gasteiger partial charge on any atom is 0.344 e. The van der Waals surface area contributed by atoms with Crippen molar-refractivity contribution in [2.24, 2.45) is 0 Å². The van der Waals surface area contributed by atoms with Gasteiger partial charge < -0.3 is 5.32 Å². The lowest BCUT2D eigenvalue weighted by atomic mass is 10.3. The number of carbonyl (C=O) groups excluding carboxylic acids is 1. The van der Waals surface area contributed by atoms with Crippen LogP contribution in [0.1, 0.15) is 25.8 Å². The SMILES string of the molecule is CC(Sc1n[nH]c(=O)n1C1CC1)C(=O)Nc1ccc(Cl)cc1. The molecule has 8 heteroatoms. The van der Waals surface area contributed by atoms with Crippen molar-refractivity contribution in [1.82, 2.24) is 14.8 Å². The molecule has 1 aromatic carbocycles. The summed E-state index contributed by atoms with van der Waals surface area (Å²) in [5.74, 6) is -0.148. The molecule has 2 N–H and O–H groups in total. The molecular formula is C14H15ClN4O2S. The zero-order chi connectivity index (χ0) is 15.7. The molecule has 1 unspecified atom stereocenters. The van der Waals surface area contributed by atoms with Gasteiger partial charge in [-0.1, -0.05) is 23.4 Å². The topological polar surface area (TPSA) is 79.8 Å². The predicted molar refractivity (Wildman–Crippen MR) is 86.5 cm³/mol. The van der Waals surface area contributed by atoms with Gasteiger partial charge in [0.2, 0.25) is 5.91 Å². The van der Waals surface area contributed by atoms with Crippen LogP contribution in [0, 0.1) is 0 Å². The fourth-order valence-corrected chi connectivity index (χ4v) is 3.07. The predicted octanol–water partition coefficient (Wildman–Crippen LogP) is 2.68. The summed E-state index contributed by atoms with van der Waals surface area (Å²) in [5.41, 5.74) is 0.471. The van der Waals surface area contributed by atoms with E-state index < -0.39 is 0 Å². The van der Waals surface area contributed by atoms with Gasteiger partial charge in [0.15, 0.2) is 5.16 Å². The minimum absolute atomic E-state index is 0.148. The largest absolute Gasteiger partial charge is 0.344 e. The molecule has 1 fully saturated rings. The molecule has 22 heavy (non-hydrogen) atoms. The van der Waals surface area contributed by atoms with Gasteiger partial charge in [0.05, 0.1) is 5.25 Å². The Kier molecular flexibility index (Phi) is 4.26. The number of nitrogens with zero attached hydrogens (tertiary/aromatic N) is 2. The van der Waals surface area contributed by atoms with E-state index in [2.05, 4.69) is 15.5 Å². The van der Waals surface area contributed by atoms with Crippen molar-refractivity contribution in [1.29, 1.82) is 0 Å². The van der Waals surface area contributed by atoms with E-state index >= 15 is 0 Å². The molecule has 1 aliphatic rings. The van der Waals surface area contributed by atoms with Gasteiger partial charge in [-0.25, -0.2) is 9.89 Å². The van der Waals surface area contributed by atoms with Crippen LogP contribution in [0.3, 0.4) is 0 Å². The van der Waals surface area contributed by atoms with Crippen molar-refractivity contribution in [3.8, 4) is 0 Å². The number of nitrogens with one attached hydrogen (secondary N) is 2. The molecule has 1 saturated carbocycles. The number of aromatic nitrogens is 3. The van der Waals surface area contributed by atoms with Crippen LogP contribution >= 0.6 is 23.4 Å². The zero-order valence-electron chi connectivity index (χ0n) is 11.9. The summed E-state index contributed by atoms with van der Waals surface area (Å²) in [7, 11) is 0. The Bertz CT molecular complexity index is 736. The number of halogens is 1. The number of rotatable bonds is 5. The lowest BCUT2D eigenvalue weighted by Crippen LogP contribution is -2.23. The van der Waals surface area contributed by atoms with Gasteiger partial charge in [0, 0.05) is 16.8 Å². The third kappa shape index (κ3) is 3.36. The van der Waals surface area contributed by atoms with Gasteiger partial charge in [-0.2, -0.15) is 0 Å². The van der Waals surface area contributed by atoms with E-state index in [9.17, 15) is 9.59 Å². The van der Waals surface area contributed by atoms with Gasteiger partial charge in [0.1, 0.15) is 0 Å². The van der Waals surface area contributed by atoms with E-state index in [1.807, 2.05) is 0 Å². The second-order valence-electron chi connectivity index (χ2n) is 5.17. The summed E-state index contributed by atoms with van der Waals surface area (Å²) in [4.78, 5) is 23.9. The number of H-pyrrole nitrogens is 1. The molecule has 0 spiro atoms. The van der Waals surface area contributed by atoms with Gasteiger partial charge in [0.25, 0.3) is 0 Å². The number of benzene rings is 1. The maximum absolute atomic E-state index is 12.2. The fourth-order valence-electron chi connectivity index (χ4n) is 2.02. The minimum atomic E-state index is -0.372. The van der Waals surface area contributed by atoms with Gasteiger partial charge in [-0.05, 0) is 44.0 Å². The summed E-state index contributed by atoms with van der Waals surface area (Å²) in [6.07, 6.45) is 1.97. The third-order valence-corrected chi connectivity index (χ3v) is 4.67. The van der Waals surface area contributed by atoms with Crippen LogP contribution in [0.25, 0.3) is 0 Å². The molecule has 116 valence electrons. The van der Waals surface area contributed by atoms with Crippen molar-refractivity contribution in [2.45, 2.75) is 36.2 Å². The summed E-state index contributed by atoms with van der Waals surface area (Å²) in [6.45, 7) is 1.78. The van der Waals surface area contributed by atoms with Crippen LogP contribution in [0.2, 0.25) is 5.02 Å². The van der Waals surface area contributed by atoms with Crippen molar-refractivity contribution in [3.63, 3.8) is 0 Å². The van der Waals surface area contributed by atoms with Crippen LogP contribution in [-0.2, 0) is 4.79 Å². The normalized spacial score (nSPS) is 15.5. The number of carbonyl (C=O) groups is 1. The quantitative estimate of drug-likeness (QED) is 0.821. The smallest absolute Gasteiger partial charge is 0.325 e. The van der Waals surface area contributed by atoms with E-state index in [1.165, 1.54) is 11.8 Å². The summed E-state index contributed by atoms with van der Waals surface area (Å²) in [6, 6.07) is 7.14. The molecule has 3 rings (SSSR count). The second-order valence-corrected chi connectivity index (χ2v) is 6.91. The minimum Gasteiger partial charge on any atom is -0.325 e. The maximum atomic E-state index is 12.2. The molecule has 1 atom stereocenters. The Morgan fingerprint density at radius 1 is 1.45 bits per heavy atom. The molecule has 1 aliphatic carbocycles. The van der Waals surface area contributed by atoms with Crippen molar-refractivity contribution in [2.75, 3.05) is 5.32 Å². The van der Waals surface area contributed by atoms with E-state index in [-0.39, 0.29) is 22.9 Å². The van der Waals surface area contributed by atoms with Crippen molar-refractivity contribution < 1.29 is 4.79 Å². The molecule has 2 aromatic rings. The zero-order valence-corrected chi connectivity index (χ0v) is 13.4. The Hall–Kier alpha value is -1.73. The van der Waals surface area contributed by atoms with Crippen LogP contribution in [0.15, 0.2) is 34.2 Å². The van der Waals surface area contributed by atoms with Crippen LogP contribution < -0.4 is 11.0 Å². The Balaban J connectivity index is 1.66. The first-order valence-corrected chi connectivity index (χ1v) is 8.20. The number of hydrogen-bond acceptors (Lipinski definition) is 4. The highest BCUT2D eigenvalue weighted by Crippen LogP contribution is 2.36. The van der Waals surface area contributed by atoms with Gasteiger partial charge in [-0.15, -0.1) is 5.10 Å². The third-order valence-electron chi connectivity index (χ3n) is 3.35. The van der Waals surface area contributed by atoms with E-state index in [1.54, 1.807) is 35.8 Å². The molecule has 1 aromatic heterocycles. The lowest BCUT2D eigenvalue weighted by Gasteiger charge is -2.12. The highest BCUT2D eigenvalue weighted by molar-refractivity contribution is 8.00. The van der Waals surface area contributed by atoms with E-state index in [0.717, 1.165) is 12.8 Å². The molecule has 6 nitrogen and oxygen atoms in total. The summed E-state index contributed by atoms with van der Waals surface area (Å²) in [5, 5.41) is 10.1. The highest BCUT2D eigenvalue weighted by Gasteiger charge is 2.30. The Labute approximate surface area is 136 Å². The standard InChI is InChI=1S/C14H15ClN4O2S/c1-8(12(20)16-10-4-2-9(15)3-5-10)22-14-18-17-13(21)19(14)11-6-7-11/h2-5,8,11H,6-7H2,1H3,(H,16,20)(H,17,21). The number of thioether (sulfide) groups is 1. The first kappa shape index (κ1) is 15.2. The van der Waals surface area contributed by atoms with E-state index in [4.69, 9.17) is 11.6 Å². The number of anilines is 1. The second kappa shape index (κ2) is 6.18. The number of aromatic amines is 1. The summed E-state index contributed by atoms with van der Waals surface area (Å²) >= 11 is 7.08. The first-order chi connectivity index (χ1) is 10.5. The number of amides is 1. The molecule has 0 aliphatic heterocycles. The van der Waals surface area contributed by atoms with Crippen LogP contribution in [0.4, 0.5) is 5.69 Å². The first-order valence-electron chi connectivity index (χ1n) is 6.94. The Morgan fingerprint density at radius 3 is 2.77 bits per heavy atom. The fraction of sp³-hybridized carbons (Fsp3) is 0.357. The average Bonchev–Trinajstić information content (AvgIpc) is 3.26. The van der Waals surface area contributed by atoms with Gasteiger partial charge >= 0.3 is 5.69 Å². The van der Waals surface area contributed by atoms with Gasteiger partial charge in [-0.3, -0.25) is 9.36 Å². The van der Waals surface area contributed by atoms with Crippen LogP contribution in [0.5, 0.6) is 0 Å². The van der Waals surface area contributed by atoms with Crippen LogP contribution in [-0.4, -0.2) is 25.9 Å². The number of hydrogen-bond donors (Lipinski definition) is 2. The van der Waals surface area contributed by atoms with E-state index in [0.29, 0.717) is 15.9 Å². The molecule has 0 radical (unpaired) electrons. The molecule has 0 saturated heterocycles. The highest BCUT2D eigenvalue weighted by atomic mass is 35.5. The molecule has 0 bridgehead atoms.